The SMILES string of the molecule is CCOC(=O)c1n[nH]nc1-c1ccc(C2CCN(C(C)=O)CC2)cc1. The van der Waals surface area contributed by atoms with Crippen LogP contribution in [0.3, 0.4) is 0 Å². The Hall–Kier alpha value is -2.70. The van der Waals surface area contributed by atoms with Crippen molar-refractivity contribution >= 4 is 11.9 Å². The number of rotatable bonds is 4. The fourth-order valence-corrected chi connectivity index (χ4v) is 3.21. The summed E-state index contributed by atoms with van der Waals surface area (Å²) in [5.41, 5.74) is 2.76. The Bertz CT molecular complexity index is 746. The van der Waals surface area contributed by atoms with E-state index in [4.69, 9.17) is 4.74 Å². The zero-order valence-corrected chi connectivity index (χ0v) is 14.5. The van der Waals surface area contributed by atoms with Crippen molar-refractivity contribution in [2.24, 2.45) is 0 Å². The number of nitrogens with zero attached hydrogens (tertiary/aromatic N) is 3. The largest absolute Gasteiger partial charge is 0.461 e. The van der Waals surface area contributed by atoms with Crippen LogP contribution in [0.25, 0.3) is 11.3 Å². The van der Waals surface area contributed by atoms with Gasteiger partial charge in [0.15, 0.2) is 5.69 Å². The highest BCUT2D eigenvalue weighted by Crippen LogP contribution is 2.30. The Morgan fingerprint density at radius 3 is 2.48 bits per heavy atom. The number of esters is 1. The summed E-state index contributed by atoms with van der Waals surface area (Å²) in [4.78, 5) is 25.2. The molecule has 0 saturated carbocycles. The number of ether oxygens (including phenoxy) is 1. The molecular formula is C18H22N4O3. The van der Waals surface area contributed by atoms with Crippen molar-refractivity contribution in [1.82, 2.24) is 20.3 Å². The molecule has 25 heavy (non-hydrogen) atoms. The van der Waals surface area contributed by atoms with Gasteiger partial charge in [0.1, 0.15) is 5.69 Å². The number of benzene rings is 1. The summed E-state index contributed by atoms with van der Waals surface area (Å²) in [6.45, 7) is 5.27. The quantitative estimate of drug-likeness (QED) is 0.862. The number of amides is 1. The third-order valence-electron chi connectivity index (χ3n) is 4.61. The van der Waals surface area contributed by atoms with E-state index < -0.39 is 5.97 Å². The number of hydrogen-bond donors (Lipinski definition) is 1. The van der Waals surface area contributed by atoms with Gasteiger partial charge in [-0.15, -0.1) is 5.10 Å². The molecule has 0 bridgehead atoms. The smallest absolute Gasteiger partial charge is 0.361 e. The molecule has 0 radical (unpaired) electrons. The van der Waals surface area contributed by atoms with Gasteiger partial charge in [0.05, 0.1) is 6.61 Å². The van der Waals surface area contributed by atoms with E-state index in [2.05, 4.69) is 27.5 Å². The number of aromatic nitrogens is 3. The van der Waals surface area contributed by atoms with Gasteiger partial charge >= 0.3 is 5.97 Å². The monoisotopic (exact) mass is 342 g/mol. The van der Waals surface area contributed by atoms with Gasteiger partial charge in [-0.25, -0.2) is 4.79 Å². The molecule has 7 heteroatoms. The van der Waals surface area contributed by atoms with Crippen LogP contribution in [0.1, 0.15) is 48.7 Å². The van der Waals surface area contributed by atoms with E-state index in [1.54, 1.807) is 13.8 Å². The van der Waals surface area contributed by atoms with Gasteiger partial charge in [0, 0.05) is 25.6 Å². The highest BCUT2D eigenvalue weighted by atomic mass is 16.5. The van der Waals surface area contributed by atoms with E-state index in [0.717, 1.165) is 31.5 Å². The first-order valence-corrected chi connectivity index (χ1v) is 8.54. The third kappa shape index (κ3) is 3.70. The van der Waals surface area contributed by atoms with Crippen LogP contribution in [0.15, 0.2) is 24.3 Å². The fourth-order valence-electron chi connectivity index (χ4n) is 3.21. The number of likely N-dealkylation sites (tertiary alicyclic amines) is 1. The molecule has 1 aromatic carbocycles. The van der Waals surface area contributed by atoms with Gasteiger partial charge in [-0.1, -0.05) is 24.3 Å². The van der Waals surface area contributed by atoms with E-state index >= 15 is 0 Å². The van der Waals surface area contributed by atoms with Crippen LogP contribution in [0.2, 0.25) is 0 Å². The highest BCUT2D eigenvalue weighted by molar-refractivity contribution is 5.93. The number of carbonyl (C=O) groups is 2. The molecule has 1 N–H and O–H groups in total. The summed E-state index contributed by atoms with van der Waals surface area (Å²) in [5.74, 6) is 0.116. The van der Waals surface area contributed by atoms with E-state index in [9.17, 15) is 9.59 Å². The van der Waals surface area contributed by atoms with Crippen LogP contribution >= 0.6 is 0 Å². The average Bonchev–Trinajstić information content (AvgIpc) is 3.12. The van der Waals surface area contributed by atoms with Crippen LogP contribution < -0.4 is 0 Å². The van der Waals surface area contributed by atoms with Crippen LogP contribution in [-0.4, -0.2) is 51.9 Å². The van der Waals surface area contributed by atoms with Crippen LogP contribution in [0.5, 0.6) is 0 Å². The summed E-state index contributed by atoms with van der Waals surface area (Å²) in [6.07, 6.45) is 1.94. The summed E-state index contributed by atoms with van der Waals surface area (Å²) < 4.78 is 5.00. The maximum absolute atomic E-state index is 11.9. The number of piperidine rings is 1. The van der Waals surface area contributed by atoms with Gasteiger partial charge in [-0.2, -0.15) is 10.3 Å². The first-order chi connectivity index (χ1) is 12.1. The maximum atomic E-state index is 11.9. The molecular weight excluding hydrogens is 320 g/mol. The van der Waals surface area contributed by atoms with Gasteiger partial charge in [0.25, 0.3) is 0 Å². The molecule has 0 aliphatic carbocycles. The molecule has 1 aliphatic heterocycles. The molecule has 0 unspecified atom stereocenters. The van der Waals surface area contributed by atoms with E-state index in [-0.39, 0.29) is 11.6 Å². The fraction of sp³-hybridized carbons (Fsp3) is 0.444. The lowest BCUT2D eigenvalue weighted by molar-refractivity contribution is -0.129. The number of aromatic amines is 1. The molecule has 0 atom stereocenters. The van der Waals surface area contributed by atoms with Gasteiger partial charge in [-0.3, -0.25) is 4.79 Å². The normalized spacial score (nSPS) is 15.2. The number of hydrogen-bond acceptors (Lipinski definition) is 5. The molecule has 1 aliphatic rings. The Morgan fingerprint density at radius 2 is 1.88 bits per heavy atom. The second-order valence-electron chi connectivity index (χ2n) is 6.14. The van der Waals surface area contributed by atoms with E-state index in [0.29, 0.717) is 18.2 Å². The zero-order valence-electron chi connectivity index (χ0n) is 14.5. The van der Waals surface area contributed by atoms with Crippen molar-refractivity contribution in [1.29, 1.82) is 0 Å². The van der Waals surface area contributed by atoms with Gasteiger partial charge in [0.2, 0.25) is 5.91 Å². The first-order valence-electron chi connectivity index (χ1n) is 8.54. The Morgan fingerprint density at radius 1 is 1.20 bits per heavy atom. The number of carbonyl (C=O) groups excluding carboxylic acids is 2. The van der Waals surface area contributed by atoms with Crippen molar-refractivity contribution in [3.8, 4) is 11.3 Å². The van der Waals surface area contributed by atoms with Crippen LogP contribution in [0, 0.1) is 0 Å². The van der Waals surface area contributed by atoms with E-state index in [1.165, 1.54) is 5.56 Å². The van der Waals surface area contributed by atoms with Crippen molar-refractivity contribution in [2.75, 3.05) is 19.7 Å². The maximum Gasteiger partial charge on any atom is 0.361 e. The lowest BCUT2D eigenvalue weighted by atomic mass is 9.88. The third-order valence-corrected chi connectivity index (χ3v) is 4.61. The van der Waals surface area contributed by atoms with Crippen molar-refractivity contribution in [3.05, 3.63) is 35.5 Å². The topological polar surface area (TPSA) is 88.2 Å². The molecule has 1 saturated heterocycles. The molecule has 132 valence electrons. The lowest BCUT2D eigenvalue weighted by Crippen LogP contribution is -2.36. The first kappa shape index (κ1) is 17.1. The van der Waals surface area contributed by atoms with Gasteiger partial charge in [-0.05, 0) is 31.2 Å². The zero-order chi connectivity index (χ0) is 17.8. The summed E-state index contributed by atoms with van der Waals surface area (Å²) in [7, 11) is 0. The Balaban J connectivity index is 1.72. The standard InChI is InChI=1S/C18H22N4O3/c1-3-25-18(24)17-16(19-21-20-17)15-6-4-13(5-7-15)14-8-10-22(11-9-14)12(2)23/h4-7,14H,3,8-11H2,1-2H3,(H,19,20,21). The molecule has 3 rings (SSSR count). The van der Waals surface area contributed by atoms with Crippen molar-refractivity contribution < 1.29 is 14.3 Å². The Labute approximate surface area is 146 Å². The minimum absolute atomic E-state index is 0.145. The number of nitrogens with one attached hydrogen (secondary N) is 1. The second-order valence-corrected chi connectivity index (χ2v) is 6.14. The molecule has 0 spiro atoms. The summed E-state index contributed by atoms with van der Waals surface area (Å²) in [5, 5.41) is 10.5. The molecule has 1 amide bonds. The van der Waals surface area contributed by atoms with Crippen molar-refractivity contribution in [2.45, 2.75) is 32.6 Å². The number of H-pyrrole nitrogens is 1. The second kappa shape index (κ2) is 7.46. The van der Waals surface area contributed by atoms with Crippen LogP contribution in [-0.2, 0) is 9.53 Å². The summed E-state index contributed by atoms with van der Waals surface area (Å²) in [6, 6.07) is 8.03. The average molecular weight is 342 g/mol. The predicted octanol–water partition coefficient (Wildman–Crippen LogP) is 2.37. The highest BCUT2D eigenvalue weighted by Gasteiger charge is 2.23. The molecule has 7 nitrogen and oxygen atoms in total. The molecule has 1 aromatic heterocycles. The minimum Gasteiger partial charge on any atom is -0.461 e. The summed E-state index contributed by atoms with van der Waals surface area (Å²) >= 11 is 0. The lowest BCUT2D eigenvalue weighted by Gasteiger charge is -2.31. The van der Waals surface area contributed by atoms with Gasteiger partial charge < -0.3 is 9.64 Å². The Kier molecular flexibility index (Phi) is 5.11. The molecule has 2 aromatic rings. The minimum atomic E-state index is -0.480. The van der Waals surface area contributed by atoms with E-state index in [1.807, 2.05) is 17.0 Å². The predicted molar refractivity (Wildman–Crippen MR) is 92.0 cm³/mol. The van der Waals surface area contributed by atoms with Crippen molar-refractivity contribution in [3.63, 3.8) is 0 Å². The molecule has 1 fully saturated rings. The molecule has 2 heterocycles. The van der Waals surface area contributed by atoms with Crippen LogP contribution in [0.4, 0.5) is 0 Å².